The number of rotatable bonds is 3. The number of benzene rings is 1. The average molecular weight is 311 g/mol. The van der Waals surface area contributed by atoms with Gasteiger partial charge in [-0.3, -0.25) is 4.90 Å². The zero-order valence-corrected chi connectivity index (χ0v) is 13.5. The van der Waals surface area contributed by atoms with Gasteiger partial charge in [-0.1, -0.05) is 24.6 Å². The second kappa shape index (κ2) is 6.46. The Morgan fingerprint density at radius 3 is 2.78 bits per heavy atom. The van der Waals surface area contributed by atoms with Gasteiger partial charge >= 0.3 is 5.97 Å². The SMILES string of the molecule is Cc1cc(-c2ccccc2C(=O)O)nc([C@H]2CCCCN2C)n1. The summed E-state index contributed by atoms with van der Waals surface area (Å²) in [7, 11) is 2.10. The molecule has 2 heterocycles. The van der Waals surface area contributed by atoms with Crippen LogP contribution in [0.2, 0.25) is 0 Å². The first-order chi connectivity index (χ1) is 11.1. The van der Waals surface area contributed by atoms with Crippen molar-refractivity contribution in [1.29, 1.82) is 0 Å². The van der Waals surface area contributed by atoms with Crippen molar-refractivity contribution in [3.05, 3.63) is 47.4 Å². The number of carboxylic acid groups (broad SMARTS) is 1. The number of aromatic nitrogens is 2. The summed E-state index contributed by atoms with van der Waals surface area (Å²) in [6.45, 7) is 2.98. The predicted molar refractivity (Wildman–Crippen MR) is 88.4 cm³/mol. The Balaban J connectivity index is 2.06. The molecule has 1 aromatic carbocycles. The van der Waals surface area contributed by atoms with Gasteiger partial charge in [-0.25, -0.2) is 14.8 Å². The highest BCUT2D eigenvalue weighted by molar-refractivity contribution is 5.95. The van der Waals surface area contributed by atoms with E-state index in [2.05, 4.69) is 16.9 Å². The predicted octanol–water partition coefficient (Wildman–Crippen LogP) is 3.31. The van der Waals surface area contributed by atoms with Crippen LogP contribution < -0.4 is 0 Å². The van der Waals surface area contributed by atoms with Crippen LogP contribution in [0.3, 0.4) is 0 Å². The molecule has 0 bridgehead atoms. The molecule has 0 amide bonds. The van der Waals surface area contributed by atoms with Crippen LogP contribution in [-0.2, 0) is 0 Å². The lowest BCUT2D eigenvalue weighted by molar-refractivity contribution is 0.0697. The molecule has 1 saturated heterocycles. The summed E-state index contributed by atoms with van der Waals surface area (Å²) in [4.78, 5) is 23.1. The highest BCUT2D eigenvalue weighted by Crippen LogP contribution is 2.30. The van der Waals surface area contributed by atoms with Crippen LogP contribution in [0.25, 0.3) is 11.3 Å². The van der Waals surface area contributed by atoms with Gasteiger partial charge in [-0.05, 0) is 45.5 Å². The molecule has 1 aliphatic rings. The molecule has 3 rings (SSSR count). The standard InChI is InChI=1S/C18H21N3O2/c1-12-11-15(13-7-3-4-8-14(13)18(22)23)20-17(19-12)16-9-5-6-10-21(16)2/h3-4,7-8,11,16H,5-6,9-10H2,1-2H3,(H,22,23)/t16-/m1/s1. The van der Waals surface area contributed by atoms with E-state index < -0.39 is 5.97 Å². The minimum atomic E-state index is -0.937. The molecule has 0 spiro atoms. The largest absolute Gasteiger partial charge is 0.478 e. The topological polar surface area (TPSA) is 66.3 Å². The van der Waals surface area contributed by atoms with Crippen molar-refractivity contribution in [3.8, 4) is 11.3 Å². The van der Waals surface area contributed by atoms with Crippen molar-refractivity contribution in [2.24, 2.45) is 0 Å². The highest BCUT2D eigenvalue weighted by Gasteiger charge is 2.24. The molecule has 1 aromatic heterocycles. The van der Waals surface area contributed by atoms with Crippen LogP contribution >= 0.6 is 0 Å². The molecule has 0 radical (unpaired) electrons. The number of nitrogens with zero attached hydrogens (tertiary/aromatic N) is 3. The number of likely N-dealkylation sites (tertiary alicyclic amines) is 1. The number of aromatic carboxylic acids is 1. The highest BCUT2D eigenvalue weighted by atomic mass is 16.4. The number of carbonyl (C=O) groups is 1. The zero-order chi connectivity index (χ0) is 16.4. The fraction of sp³-hybridized carbons (Fsp3) is 0.389. The molecule has 23 heavy (non-hydrogen) atoms. The van der Waals surface area contributed by atoms with Gasteiger partial charge in [0.05, 0.1) is 17.3 Å². The zero-order valence-electron chi connectivity index (χ0n) is 13.5. The molecule has 1 fully saturated rings. The normalized spacial score (nSPS) is 18.8. The van der Waals surface area contributed by atoms with Crippen molar-refractivity contribution in [2.75, 3.05) is 13.6 Å². The van der Waals surface area contributed by atoms with E-state index in [1.807, 2.05) is 19.1 Å². The molecule has 5 heteroatoms. The van der Waals surface area contributed by atoms with Gasteiger partial charge < -0.3 is 5.11 Å². The third kappa shape index (κ3) is 3.24. The van der Waals surface area contributed by atoms with Gasteiger partial charge in [0, 0.05) is 11.3 Å². The quantitative estimate of drug-likeness (QED) is 0.942. The lowest BCUT2D eigenvalue weighted by Crippen LogP contribution is -2.31. The fourth-order valence-electron chi connectivity index (χ4n) is 3.17. The number of hydrogen-bond acceptors (Lipinski definition) is 4. The first-order valence-corrected chi connectivity index (χ1v) is 7.95. The van der Waals surface area contributed by atoms with Gasteiger partial charge in [0.1, 0.15) is 5.82 Å². The fourth-order valence-corrected chi connectivity index (χ4v) is 3.17. The Labute approximate surface area is 136 Å². The summed E-state index contributed by atoms with van der Waals surface area (Å²) in [5.41, 5.74) is 2.47. The summed E-state index contributed by atoms with van der Waals surface area (Å²) in [6, 6.07) is 9.05. The van der Waals surface area contributed by atoms with E-state index in [1.165, 1.54) is 12.8 Å². The van der Waals surface area contributed by atoms with Crippen LogP contribution in [0.4, 0.5) is 0 Å². The monoisotopic (exact) mass is 311 g/mol. The number of hydrogen-bond donors (Lipinski definition) is 1. The minimum Gasteiger partial charge on any atom is -0.478 e. The summed E-state index contributed by atoms with van der Waals surface area (Å²) in [5, 5.41) is 9.40. The average Bonchev–Trinajstić information content (AvgIpc) is 2.54. The summed E-state index contributed by atoms with van der Waals surface area (Å²) >= 11 is 0. The second-order valence-corrected chi connectivity index (χ2v) is 6.10. The Morgan fingerprint density at radius 1 is 1.26 bits per heavy atom. The molecule has 1 aliphatic heterocycles. The summed E-state index contributed by atoms with van der Waals surface area (Å²) in [5.74, 6) is -0.143. The molecule has 0 aliphatic carbocycles. The lowest BCUT2D eigenvalue weighted by atomic mass is 10.0. The van der Waals surface area contributed by atoms with Crippen molar-refractivity contribution in [3.63, 3.8) is 0 Å². The van der Waals surface area contributed by atoms with Crippen LogP contribution in [0.5, 0.6) is 0 Å². The van der Waals surface area contributed by atoms with Crippen LogP contribution in [0.15, 0.2) is 30.3 Å². The summed E-state index contributed by atoms with van der Waals surface area (Å²) < 4.78 is 0. The van der Waals surface area contributed by atoms with Crippen molar-refractivity contribution < 1.29 is 9.90 Å². The van der Waals surface area contributed by atoms with E-state index in [1.54, 1.807) is 18.2 Å². The Hall–Kier alpha value is -2.27. The van der Waals surface area contributed by atoms with E-state index in [4.69, 9.17) is 4.98 Å². The van der Waals surface area contributed by atoms with Crippen LogP contribution in [0, 0.1) is 6.92 Å². The van der Waals surface area contributed by atoms with E-state index in [0.29, 0.717) is 11.3 Å². The van der Waals surface area contributed by atoms with E-state index >= 15 is 0 Å². The first-order valence-electron chi connectivity index (χ1n) is 7.95. The van der Waals surface area contributed by atoms with Crippen molar-refractivity contribution in [1.82, 2.24) is 14.9 Å². The lowest BCUT2D eigenvalue weighted by Gasteiger charge is -2.31. The van der Waals surface area contributed by atoms with Gasteiger partial charge in [0.25, 0.3) is 0 Å². The molecular formula is C18H21N3O2. The first kappa shape index (κ1) is 15.6. The maximum Gasteiger partial charge on any atom is 0.336 e. The second-order valence-electron chi connectivity index (χ2n) is 6.10. The van der Waals surface area contributed by atoms with Crippen LogP contribution in [-0.4, -0.2) is 39.5 Å². The Bertz CT molecular complexity index is 730. The number of carboxylic acids is 1. The van der Waals surface area contributed by atoms with Gasteiger partial charge in [0.2, 0.25) is 0 Å². The van der Waals surface area contributed by atoms with Crippen LogP contribution in [0.1, 0.15) is 47.2 Å². The Morgan fingerprint density at radius 2 is 2.04 bits per heavy atom. The maximum atomic E-state index is 11.5. The van der Waals surface area contributed by atoms with E-state index in [0.717, 1.165) is 24.5 Å². The molecule has 2 aromatic rings. The number of piperidine rings is 1. The molecule has 1 atom stereocenters. The maximum absolute atomic E-state index is 11.5. The van der Waals surface area contributed by atoms with Gasteiger partial charge in [-0.2, -0.15) is 0 Å². The molecule has 1 N–H and O–H groups in total. The van der Waals surface area contributed by atoms with E-state index in [9.17, 15) is 9.90 Å². The molecule has 5 nitrogen and oxygen atoms in total. The molecule has 0 unspecified atom stereocenters. The van der Waals surface area contributed by atoms with Crippen molar-refractivity contribution in [2.45, 2.75) is 32.2 Å². The third-order valence-electron chi connectivity index (χ3n) is 4.37. The van der Waals surface area contributed by atoms with E-state index in [-0.39, 0.29) is 11.6 Å². The Kier molecular flexibility index (Phi) is 4.39. The molecule has 120 valence electrons. The summed E-state index contributed by atoms with van der Waals surface area (Å²) in [6.07, 6.45) is 3.42. The van der Waals surface area contributed by atoms with Gasteiger partial charge in [-0.15, -0.1) is 0 Å². The molecule has 0 saturated carbocycles. The minimum absolute atomic E-state index is 0.208. The van der Waals surface area contributed by atoms with Gasteiger partial charge in [0.15, 0.2) is 0 Å². The van der Waals surface area contributed by atoms with Crippen molar-refractivity contribution >= 4 is 5.97 Å². The third-order valence-corrected chi connectivity index (χ3v) is 4.37. The molecular weight excluding hydrogens is 290 g/mol. The smallest absolute Gasteiger partial charge is 0.336 e. The number of aryl methyl sites for hydroxylation is 1.